The van der Waals surface area contributed by atoms with Gasteiger partial charge in [-0.15, -0.1) is 0 Å². The van der Waals surface area contributed by atoms with Crippen LogP contribution in [0.5, 0.6) is 0 Å². The lowest BCUT2D eigenvalue weighted by molar-refractivity contribution is -0.0426. The van der Waals surface area contributed by atoms with E-state index >= 15 is 0 Å². The molecule has 3 N–H and O–H groups in total. The number of aromatic amines is 1. The Balaban J connectivity index is 2.19. The molecule has 2 heterocycles. The fraction of sp³-hybridized carbons (Fsp3) is 0.500. The van der Waals surface area contributed by atoms with Crippen molar-refractivity contribution in [2.75, 3.05) is 19.7 Å². The van der Waals surface area contributed by atoms with Crippen LogP contribution in [0.1, 0.15) is 17.3 Å². The first-order valence-corrected chi connectivity index (χ1v) is 5.93. The molecule has 0 bridgehead atoms. The highest BCUT2D eigenvalue weighted by Crippen LogP contribution is 2.14. The molecule has 1 fully saturated rings. The maximum atomic E-state index is 12.3. The van der Waals surface area contributed by atoms with E-state index in [0.29, 0.717) is 25.3 Å². The Morgan fingerprint density at radius 1 is 1.67 bits per heavy atom. The van der Waals surface area contributed by atoms with Crippen LogP contribution in [0.15, 0.2) is 23.1 Å². The smallest absolute Gasteiger partial charge is 0.254 e. The number of aromatic nitrogens is 1. The monoisotopic (exact) mass is 251 g/mol. The lowest BCUT2D eigenvalue weighted by Crippen LogP contribution is -2.53. The van der Waals surface area contributed by atoms with Crippen molar-refractivity contribution in [1.82, 2.24) is 9.88 Å². The summed E-state index contributed by atoms with van der Waals surface area (Å²) in [5.74, 6) is -0.157. The van der Waals surface area contributed by atoms with Crippen LogP contribution in [-0.2, 0) is 4.74 Å². The second-order valence-electron chi connectivity index (χ2n) is 4.44. The number of nitrogens with two attached hydrogens (primary N) is 1. The predicted octanol–water partition coefficient (Wildman–Crippen LogP) is -0.437. The maximum absolute atomic E-state index is 12.3. The molecule has 0 aromatic carbocycles. The third-order valence-corrected chi connectivity index (χ3v) is 3.05. The van der Waals surface area contributed by atoms with Crippen LogP contribution in [0, 0.1) is 0 Å². The van der Waals surface area contributed by atoms with Gasteiger partial charge in [-0.2, -0.15) is 0 Å². The number of nitrogens with zero attached hydrogens (tertiary/aromatic N) is 1. The van der Waals surface area contributed by atoms with E-state index in [1.165, 1.54) is 12.3 Å². The van der Waals surface area contributed by atoms with E-state index in [1.807, 2.05) is 6.92 Å². The first-order valence-electron chi connectivity index (χ1n) is 5.93. The second-order valence-corrected chi connectivity index (χ2v) is 4.44. The first-order chi connectivity index (χ1) is 8.61. The molecule has 0 aliphatic carbocycles. The molecular formula is C12H17N3O3. The van der Waals surface area contributed by atoms with Gasteiger partial charge in [0.15, 0.2) is 0 Å². The van der Waals surface area contributed by atoms with E-state index in [1.54, 1.807) is 11.0 Å². The fourth-order valence-corrected chi connectivity index (χ4v) is 1.99. The second kappa shape index (κ2) is 5.32. The molecule has 1 aliphatic rings. The average molecular weight is 251 g/mol. The van der Waals surface area contributed by atoms with Crippen LogP contribution in [0.25, 0.3) is 0 Å². The third-order valence-electron chi connectivity index (χ3n) is 3.05. The molecule has 98 valence electrons. The van der Waals surface area contributed by atoms with Gasteiger partial charge >= 0.3 is 0 Å². The minimum atomic E-state index is -0.280. The van der Waals surface area contributed by atoms with Crippen molar-refractivity contribution in [3.63, 3.8) is 0 Å². The molecule has 1 aromatic rings. The zero-order chi connectivity index (χ0) is 13.1. The molecule has 6 nitrogen and oxygen atoms in total. The summed E-state index contributed by atoms with van der Waals surface area (Å²) in [6.45, 7) is 3.23. The predicted molar refractivity (Wildman–Crippen MR) is 66.4 cm³/mol. The summed E-state index contributed by atoms with van der Waals surface area (Å²) in [4.78, 5) is 27.7. The van der Waals surface area contributed by atoms with Crippen molar-refractivity contribution >= 4 is 5.91 Å². The number of carbonyl (C=O) groups is 1. The molecule has 0 radical (unpaired) electrons. The summed E-state index contributed by atoms with van der Waals surface area (Å²) in [7, 11) is 0. The number of hydrogen-bond donors (Lipinski definition) is 2. The van der Waals surface area contributed by atoms with Gasteiger partial charge in [-0.25, -0.2) is 0 Å². The van der Waals surface area contributed by atoms with Gasteiger partial charge in [0.1, 0.15) is 0 Å². The van der Waals surface area contributed by atoms with E-state index < -0.39 is 0 Å². The van der Waals surface area contributed by atoms with Crippen molar-refractivity contribution in [1.29, 1.82) is 0 Å². The Labute approximate surface area is 105 Å². The SMILES string of the molecule is CC1COC(CN)CN1C(=O)c1cc[nH]c(=O)c1. The van der Waals surface area contributed by atoms with Crippen LogP contribution in [0.4, 0.5) is 0 Å². The van der Waals surface area contributed by atoms with Crippen LogP contribution in [-0.4, -0.2) is 47.6 Å². The van der Waals surface area contributed by atoms with Crippen molar-refractivity contribution < 1.29 is 9.53 Å². The molecule has 2 unspecified atom stereocenters. The van der Waals surface area contributed by atoms with Gasteiger partial charge in [0.25, 0.3) is 5.91 Å². The van der Waals surface area contributed by atoms with E-state index in [-0.39, 0.29) is 23.6 Å². The van der Waals surface area contributed by atoms with Crippen molar-refractivity contribution in [2.45, 2.75) is 19.1 Å². The summed E-state index contributed by atoms with van der Waals surface area (Å²) < 4.78 is 5.49. The van der Waals surface area contributed by atoms with Gasteiger partial charge in [0, 0.05) is 30.9 Å². The summed E-state index contributed by atoms with van der Waals surface area (Å²) in [6.07, 6.45) is 1.34. The molecule has 1 aliphatic heterocycles. The highest BCUT2D eigenvalue weighted by molar-refractivity contribution is 5.94. The lowest BCUT2D eigenvalue weighted by atomic mass is 10.1. The Kier molecular flexibility index (Phi) is 3.78. The number of pyridine rings is 1. The highest BCUT2D eigenvalue weighted by atomic mass is 16.5. The van der Waals surface area contributed by atoms with Crippen LogP contribution >= 0.6 is 0 Å². The number of rotatable bonds is 2. The number of H-pyrrole nitrogens is 1. The minimum Gasteiger partial charge on any atom is -0.373 e. The summed E-state index contributed by atoms with van der Waals surface area (Å²) >= 11 is 0. The molecule has 2 atom stereocenters. The maximum Gasteiger partial charge on any atom is 0.254 e. The van der Waals surface area contributed by atoms with E-state index in [9.17, 15) is 9.59 Å². The van der Waals surface area contributed by atoms with Gasteiger partial charge in [-0.3, -0.25) is 9.59 Å². The largest absolute Gasteiger partial charge is 0.373 e. The molecule has 1 aromatic heterocycles. The minimum absolute atomic E-state index is 0.0143. The normalized spacial score (nSPS) is 24.0. The molecule has 0 saturated carbocycles. The topological polar surface area (TPSA) is 88.4 Å². The Bertz CT molecular complexity index is 485. The van der Waals surface area contributed by atoms with Crippen molar-refractivity contribution in [2.24, 2.45) is 5.73 Å². The van der Waals surface area contributed by atoms with Gasteiger partial charge in [0.2, 0.25) is 5.56 Å². The number of hydrogen-bond acceptors (Lipinski definition) is 4. The molecule has 6 heteroatoms. The zero-order valence-electron chi connectivity index (χ0n) is 10.3. The number of morpholine rings is 1. The number of carbonyl (C=O) groups excluding carboxylic acids is 1. The average Bonchev–Trinajstić information content (AvgIpc) is 2.38. The standard InChI is InChI=1S/C12H17N3O3/c1-8-7-18-10(5-13)6-15(8)12(17)9-2-3-14-11(16)4-9/h2-4,8,10H,5-7,13H2,1H3,(H,14,16). The molecular weight excluding hydrogens is 234 g/mol. The number of nitrogens with one attached hydrogen (secondary N) is 1. The van der Waals surface area contributed by atoms with Gasteiger partial charge in [0.05, 0.1) is 18.8 Å². The lowest BCUT2D eigenvalue weighted by Gasteiger charge is -2.37. The Morgan fingerprint density at radius 3 is 3.11 bits per heavy atom. The van der Waals surface area contributed by atoms with Gasteiger partial charge in [-0.1, -0.05) is 0 Å². The molecule has 0 spiro atoms. The van der Waals surface area contributed by atoms with Gasteiger partial charge in [-0.05, 0) is 13.0 Å². The third kappa shape index (κ3) is 2.60. The van der Waals surface area contributed by atoms with Gasteiger partial charge < -0.3 is 20.4 Å². The molecule has 18 heavy (non-hydrogen) atoms. The van der Waals surface area contributed by atoms with Crippen LogP contribution in [0.3, 0.4) is 0 Å². The van der Waals surface area contributed by atoms with Crippen LogP contribution in [0.2, 0.25) is 0 Å². The highest BCUT2D eigenvalue weighted by Gasteiger charge is 2.29. The van der Waals surface area contributed by atoms with Crippen molar-refractivity contribution in [3.05, 3.63) is 34.2 Å². The van der Waals surface area contributed by atoms with E-state index in [4.69, 9.17) is 10.5 Å². The summed E-state index contributed by atoms with van der Waals surface area (Å²) in [5.41, 5.74) is 5.67. The number of ether oxygens (including phenoxy) is 1. The quantitative estimate of drug-likeness (QED) is 0.746. The number of amides is 1. The summed E-state index contributed by atoms with van der Waals surface area (Å²) in [6, 6.07) is 2.89. The molecule has 1 saturated heterocycles. The summed E-state index contributed by atoms with van der Waals surface area (Å²) in [5, 5.41) is 0. The zero-order valence-corrected chi connectivity index (χ0v) is 10.3. The van der Waals surface area contributed by atoms with Crippen molar-refractivity contribution in [3.8, 4) is 0 Å². The Hall–Kier alpha value is -1.66. The Morgan fingerprint density at radius 2 is 2.44 bits per heavy atom. The molecule has 1 amide bonds. The van der Waals surface area contributed by atoms with E-state index in [0.717, 1.165) is 0 Å². The first kappa shape index (κ1) is 12.8. The molecule has 2 rings (SSSR count). The van der Waals surface area contributed by atoms with Crippen LogP contribution < -0.4 is 11.3 Å². The van der Waals surface area contributed by atoms with E-state index in [2.05, 4.69) is 4.98 Å². The fourth-order valence-electron chi connectivity index (χ4n) is 1.99.